The van der Waals surface area contributed by atoms with Gasteiger partial charge in [-0.05, 0) is 31.2 Å². The van der Waals surface area contributed by atoms with Crippen molar-refractivity contribution in [1.29, 1.82) is 0 Å². The number of carboxylic acid groups (broad SMARTS) is 1. The second-order valence-corrected chi connectivity index (χ2v) is 4.16. The third kappa shape index (κ3) is 1.99. The van der Waals surface area contributed by atoms with Crippen LogP contribution in [0.5, 0.6) is 0 Å². The van der Waals surface area contributed by atoms with Crippen LogP contribution in [0.3, 0.4) is 0 Å². The molecule has 5 heteroatoms. The Kier molecular flexibility index (Phi) is 3.39. The number of carbonyl (C=O) groups is 1. The molecule has 1 N–H and O–H groups in total. The molecule has 0 unspecified atom stereocenters. The van der Waals surface area contributed by atoms with E-state index in [2.05, 4.69) is 0 Å². The Morgan fingerprint density at radius 2 is 2.11 bits per heavy atom. The SMILES string of the molecule is CCn1c(C(=O)O)ccc1-c1cccc(Cl)c1F. The van der Waals surface area contributed by atoms with E-state index >= 15 is 0 Å². The number of hydrogen-bond donors (Lipinski definition) is 1. The minimum absolute atomic E-state index is 0.0215. The topological polar surface area (TPSA) is 42.2 Å². The van der Waals surface area contributed by atoms with Crippen molar-refractivity contribution in [3.05, 3.63) is 46.9 Å². The summed E-state index contributed by atoms with van der Waals surface area (Å²) in [6.07, 6.45) is 0. The fourth-order valence-corrected chi connectivity index (χ4v) is 2.11. The van der Waals surface area contributed by atoms with Crippen LogP contribution < -0.4 is 0 Å². The number of nitrogens with zero attached hydrogens (tertiary/aromatic N) is 1. The largest absolute Gasteiger partial charge is 0.477 e. The van der Waals surface area contributed by atoms with Crippen molar-refractivity contribution in [3.8, 4) is 11.3 Å². The van der Waals surface area contributed by atoms with Gasteiger partial charge in [0.2, 0.25) is 0 Å². The molecule has 1 aromatic heterocycles. The predicted molar refractivity (Wildman–Crippen MR) is 67.5 cm³/mol. The minimum atomic E-state index is -1.04. The van der Waals surface area contributed by atoms with E-state index in [1.165, 1.54) is 16.7 Å². The third-order valence-corrected chi connectivity index (χ3v) is 3.04. The van der Waals surface area contributed by atoms with Gasteiger partial charge in [-0.3, -0.25) is 0 Å². The third-order valence-electron chi connectivity index (χ3n) is 2.74. The highest BCUT2D eigenvalue weighted by Crippen LogP contribution is 2.29. The number of aromatic nitrogens is 1. The Labute approximate surface area is 108 Å². The standard InChI is InChI=1S/C13H11ClFNO2/c1-2-16-10(6-7-11(16)13(17)18)8-4-3-5-9(14)12(8)15/h3-7H,2H2,1H3,(H,17,18). The van der Waals surface area contributed by atoms with Crippen molar-refractivity contribution in [1.82, 2.24) is 4.57 Å². The van der Waals surface area contributed by atoms with Crippen LogP contribution in [0.25, 0.3) is 11.3 Å². The van der Waals surface area contributed by atoms with Gasteiger partial charge >= 0.3 is 5.97 Å². The Hall–Kier alpha value is -1.81. The van der Waals surface area contributed by atoms with Crippen LogP contribution >= 0.6 is 11.6 Å². The highest BCUT2D eigenvalue weighted by Gasteiger charge is 2.17. The average molecular weight is 268 g/mol. The molecule has 0 fully saturated rings. The maximum absolute atomic E-state index is 13.9. The second-order valence-electron chi connectivity index (χ2n) is 3.75. The number of aromatic carboxylic acids is 1. The number of benzene rings is 1. The summed E-state index contributed by atoms with van der Waals surface area (Å²) in [6.45, 7) is 2.24. The first-order valence-electron chi connectivity index (χ1n) is 5.43. The molecule has 1 heterocycles. The molecule has 18 heavy (non-hydrogen) atoms. The minimum Gasteiger partial charge on any atom is -0.477 e. The molecule has 0 aliphatic carbocycles. The van der Waals surface area contributed by atoms with Gasteiger partial charge in [-0.25, -0.2) is 9.18 Å². The normalized spacial score (nSPS) is 10.6. The molecule has 1 aromatic carbocycles. The van der Waals surface area contributed by atoms with Crippen molar-refractivity contribution in [2.24, 2.45) is 0 Å². The van der Waals surface area contributed by atoms with Gasteiger partial charge in [0.25, 0.3) is 0 Å². The summed E-state index contributed by atoms with van der Waals surface area (Å²) in [7, 11) is 0. The lowest BCUT2D eigenvalue weighted by Gasteiger charge is -2.10. The molecule has 0 aliphatic heterocycles. The van der Waals surface area contributed by atoms with Crippen LogP contribution in [0, 0.1) is 5.82 Å². The van der Waals surface area contributed by atoms with Crippen molar-refractivity contribution in [2.45, 2.75) is 13.5 Å². The first-order chi connectivity index (χ1) is 8.56. The number of carboxylic acids is 1. The summed E-state index contributed by atoms with van der Waals surface area (Å²) in [5.74, 6) is -1.57. The molecule has 94 valence electrons. The first kappa shape index (κ1) is 12.6. The van der Waals surface area contributed by atoms with Crippen LogP contribution in [-0.2, 0) is 6.54 Å². The van der Waals surface area contributed by atoms with Gasteiger partial charge in [-0.1, -0.05) is 17.7 Å². The van der Waals surface area contributed by atoms with Crippen LogP contribution in [0.15, 0.2) is 30.3 Å². The average Bonchev–Trinajstić information content (AvgIpc) is 2.76. The van der Waals surface area contributed by atoms with E-state index in [0.717, 1.165) is 0 Å². The fraction of sp³-hybridized carbons (Fsp3) is 0.154. The van der Waals surface area contributed by atoms with Gasteiger partial charge in [0.15, 0.2) is 5.82 Å². The van der Waals surface area contributed by atoms with E-state index in [4.69, 9.17) is 16.7 Å². The molecule has 2 rings (SSSR count). The first-order valence-corrected chi connectivity index (χ1v) is 5.81. The summed E-state index contributed by atoms with van der Waals surface area (Å²) >= 11 is 5.73. The number of rotatable bonds is 3. The van der Waals surface area contributed by atoms with Gasteiger partial charge in [0.05, 0.1) is 10.7 Å². The zero-order valence-electron chi connectivity index (χ0n) is 9.65. The molecule has 0 aliphatic rings. The summed E-state index contributed by atoms with van der Waals surface area (Å²) in [6, 6.07) is 7.71. The van der Waals surface area contributed by atoms with Gasteiger partial charge in [-0.15, -0.1) is 0 Å². The lowest BCUT2D eigenvalue weighted by atomic mass is 10.1. The predicted octanol–water partition coefficient (Wildman–Crippen LogP) is 3.67. The summed E-state index contributed by atoms with van der Waals surface area (Å²) < 4.78 is 15.5. The summed E-state index contributed by atoms with van der Waals surface area (Å²) in [5, 5.41) is 9.06. The molecule has 3 nitrogen and oxygen atoms in total. The van der Waals surface area contributed by atoms with Crippen molar-refractivity contribution < 1.29 is 14.3 Å². The highest BCUT2D eigenvalue weighted by atomic mass is 35.5. The zero-order chi connectivity index (χ0) is 13.3. The van der Waals surface area contributed by atoms with E-state index in [-0.39, 0.29) is 10.7 Å². The molecule has 0 saturated heterocycles. The van der Waals surface area contributed by atoms with Crippen LogP contribution in [0.4, 0.5) is 4.39 Å². The van der Waals surface area contributed by atoms with E-state index in [9.17, 15) is 9.18 Å². The Morgan fingerprint density at radius 3 is 2.72 bits per heavy atom. The van der Waals surface area contributed by atoms with E-state index in [0.29, 0.717) is 17.8 Å². The van der Waals surface area contributed by atoms with E-state index in [1.54, 1.807) is 25.1 Å². The van der Waals surface area contributed by atoms with Crippen LogP contribution in [0.1, 0.15) is 17.4 Å². The summed E-state index contributed by atoms with van der Waals surface area (Å²) in [5.41, 5.74) is 0.943. The lowest BCUT2D eigenvalue weighted by molar-refractivity contribution is 0.0685. The molecule has 0 bridgehead atoms. The molecular weight excluding hydrogens is 257 g/mol. The molecule has 0 radical (unpaired) electrons. The molecule has 0 spiro atoms. The lowest BCUT2D eigenvalue weighted by Crippen LogP contribution is -2.08. The molecular formula is C13H11ClFNO2. The molecule has 0 saturated carbocycles. The van der Waals surface area contributed by atoms with Crippen molar-refractivity contribution in [3.63, 3.8) is 0 Å². The van der Waals surface area contributed by atoms with Gasteiger partial charge in [0.1, 0.15) is 5.69 Å². The monoisotopic (exact) mass is 267 g/mol. The molecule has 2 aromatic rings. The van der Waals surface area contributed by atoms with Gasteiger partial charge in [-0.2, -0.15) is 0 Å². The smallest absolute Gasteiger partial charge is 0.352 e. The van der Waals surface area contributed by atoms with E-state index in [1.807, 2.05) is 0 Å². The Balaban J connectivity index is 2.65. The zero-order valence-corrected chi connectivity index (χ0v) is 10.4. The highest BCUT2D eigenvalue weighted by molar-refractivity contribution is 6.31. The number of halogens is 2. The van der Waals surface area contributed by atoms with Gasteiger partial charge < -0.3 is 9.67 Å². The summed E-state index contributed by atoms with van der Waals surface area (Å²) in [4.78, 5) is 11.0. The maximum Gasteiger partial charge on any atom is 0.352 e. The van der Waals surface area contributed by atoms with Crippen molar-refractivity contribution in [2.75, 3.05) is 0 Å². The Bertz CT molecular complexity index is 607. The van der Waals surface area contributed by atoms with E-state index < -0.39 is 11.8 Å². The van der Waals surface area contributed by atoms with Crippen molar-refractivity contribution >= 4 is 17.6 Å². The molecule has 0 atom stereocenters. The van der Waals surface area contributed by atoms with Gasteiger partial charge in [0, 0.05) is 12.1 Å². The van der Waals surface area contributed by atoms with Crippen LogP contribution in [0.2, 0.25) is 5.02 Å². The quantitative estimate of drug-likeness (QED) is 0.922. The number of hydrogen-bond acceptors (Lipinski definition) is 1. The molecule has 0 amide bonds. The Morgan fingerprint density at radius 1 is 1.39 bits per heavy atom. The maximum atomic E-state index is 13.9. The second kappa shape index (κ2) is 4.82. The van der Waals surface area contributed by atoms with Crippen LogP contribution in [-0.4, -0.2) is 15.6 Å². The fourth-order valence-electron chi connectivity index (χ4n) is 1.93.